The number of nitrogens with one attached hydrogen (secondary N) is 3. The highest BCUT2D eigenvalue weighted by atomic mass is 32.1. The number of H-pyrrole nitrogens is 1. The van der Waals surface area contributed by atoms with Crippen molar-refractivity contribution in [1.82, 2.24) is 14.8 Å². The summed E-state index contributed by atoms with van der Waals surface area (Å²) >= 11 is 1.15. The van der Waals surface area contributed by atoms with Crippen LogP contribution in [0.25, 0.3) is 5.69 Å². The number of rotatable bonds is 8. The van der Waals surface area contributed by atoms with E-state index in [1.165, 1.54) is 7.11 Å². The average molecular weight is 537 g/mol. The molecule has 196 valence electrons. The maximum Gasteiger partial charge on any atom is 0.350 e. The molecule has 12 nitrogen and oxygen atoms in total. The number of ether oxygens (including phenoxy) is 4. The Labute approximate surface area is 220 Å². The van der Waals surface area contributed by atoms with Crippen LogP contribution in [-0.4, -0.2) is 47.6 Å². The van der Waals surface area contributed by atoms with Gasteiger partial charge in [-0.2, -0.15) is 4.68 Å². The molecule has 38 heavy (non-hydrogen) atoms. The zero-order chi connectivity index (χ0) is 26.8. The predicted molar refractivity (Wildman–Crippen MR) is 140 cm³/mol. The molecule has 0 amide bonds. The van der Waals surface area contributed by atoms with Gasteiger partial charge >= 0.3 is 11.7 Å². The van der Waals surface area contributed by atoms with E-state index in [4.69, 9.17) is 30.1 Å². The molecule has 4 aromatic rings. The van der Waals surface area contributed by atoms with E-state index in [0.717, 1.165) is 21.6 Å². The van der Waals surface area contributed by atoms with E-state index in [1.807, 2.05) is 6.07 Å². The van der Waals surface area contributed by atoms with Crippen molar-refractivity contribution in [2.24, 2.45) is 5.73 Å². The number of anilines is 1. The molecule has 0 saturated carbocycles. The molecule has 2 aromatic heterocycles. The standard InChI is InChI=1S/C25H24N6O6S/c1-34-18-10-14(9-15-11-36-12-37-20(15)18)19(28-16-5-3-13(4-6-16)22(26)27)23-29-25(33)31(30-23)17-7-8-38-21(17)24(32)35-2/h3-10,19,28H,11-12H2,1-2H3,(H3,26,27)(H,29,30,33)/t19-/m0/s1. The number of thiophene rings is 1. The smallest absolute Gasteiger partial charge is 0.350 e. The third-order valence-electron chi connectivity index (χ3n) is 5.91. The van der Waals surface area contributed by atoms with Crippen LogP contribution < -0.4 is 26.2 Å². The van der Waals surface area contributed by atoms with E-state index in [0.29, 0.717) is 40.6 Å². The molecular formula is C25H24N6O6S. The van der Waals surface area contributed by atoms with Gasteiger partial charge in [-0.1, -0.05) is 0 Å². The molecule has 0 aliphatic carbocycles. The minimum absolute atomic E-state index is 0.0484. The molecular weight excluding hydrogens is 512 g/mol. The molecule has 0 saturated heterocycles. The van der Waals surface area contributed by atoms with Crippen molar-refractivity contribution in [3.8, 4) is 17.2 Å². The van der Waals surface area contributed by atoms with Crippen LogP contribution in [-0.2, 0) is 16.1 Å². The zero-order valence-electron chi connectivity index (χ0n) is 20.4. The second kappa shape index (κ2) is 10.4. The van der Waals surface area contributed by atoms with Crippen molar-refractivity contribution >= 4 is 28.8 Å². The first-order chi connectivity index (χ1) is 18.4. The first kappa shape index (κ1) is 25.0. The molecule has 13 heteroatoms. The summed E-state index contributed by atoms with van der Waals surface area (Å²) in [5.74, 6) is 0.769. The highest BCUT2D eigenvalue weighted by Crippen LogP contribution is 2.38. The van der Waals surface area contributed by atoms with E-state index in [1.54, 1.807) is 48.9 Å². The summed E-state index contributed by atoms with van der Waals surface area (Å²) in [6.45, 7) is 0.440. The van der Waals surface area contributed by atoms with Crippen LogP contribution in [0.5, 0.6) is 11.5 Å². The van der Waals surface area contributed by atoms with Gasteiger partial charge in [-0.3, -0.25) is 10.4 Å². The second-order valence-corrected chi connectivity index (χ2v) is 9.16. The van der Waals surface area contributed by atoms with Gasteiger partial charge in [-0.15, -0.1) is 16.4 Å². The van der Waals surface area contributed by atoms with Crippen molar-refractivity contribution in [2.75, 3.05) is 26.3 Å². The number of nitrogen functional groups attached to an aromatic ring is 1. The summed E-state index contributed by atoms with van der Waals surface area (Å²) in [6, 6.07) is 11.6. The summed E-state index contributed by atoms with van der Waals surface area (Å²) in [7, 11) is 2.82. The molecule has 2 aromatic carbocycles. The number of carbonyl (C=O) groups excluding carboxylic acids is 1. The van der Waals surface area contributed by atoms with Crippen LogP contribution in [0.15, 0.2) is 52.6 Å². The van der Waals surface area contributed by atoms with Gasteiger partial charge in [0.05, 0.1) is 26.5 Å². The van der Waals surface area contributed by atoms with Crippen molar-refractivity contribution in [3.05, 3.63) is 85.7 Å². The Morgan fingerprint density at radius 2 is 2.05 bits per heavy atom. The van der Waals surface area contributed by atoms with Crippen molar-refractivity contribution in [2.45, 2.75) is 12.6 Å². The Balaban J connectivity index is 1.61. The van der Waals surface area contributed by atoms with Crippen molar-refractivity contribution < 1.29 is 23.7 Å². The molecule has 0 radical (unpaired) electrons. The van der Waals surface area contributed by atoms with E-state index in [2.05, 4.69) is 15.4 Å². The van der Waals surface area contributed by atoms with Crippen LogP contribution in [0.3, 0.4) is 0 Å². The Morgan fingerprint density at radius 3 is 2.76 bits per heavy atom. The summed E-state index contributed by atoms with van der Waals surface area (Å²) in [5, 5.41) is 17.3. The van der Waals surface area contributed by atoms with Gasteiger partial charge in [0.1, 0.15) is 16.8 Å². The molecule has 5 N–H and O–H groups in total. The zero-order valence-corrected chi connectivity index (χ0v) is 21.3. The number of methoxy groups -OCH3 is 2. The van der Waals surface area contributed by atoms with Gasteiger partial charge in [0, 0.05) is 16.8 Å². The SMILES string of the molecule is COC(=O)c1sccc1-n1nc([C@@H](Nc2ccc(C(=N)N)cc2)c2cc3c(c(OC)c2)OCOC3)[nH]c1=O. The number of nitrogens with zero attached hydrogens (tertiary/aromatic N) is 2. The first-order valence-electron chi connectivity index (χ1n) is 11.4. The van der Waals surface area contributed by atoms with Gasteiger partial charge in [-0.25, -0.2) is 9.59 Å². The van der Waals surface area contributed by atoms with E-state index >= 15 is 0 Å². The highest BCUT2D eigenvalue weighted by molar-refractivity contribution is 7.12. The van der Waals surface area contributed by atoms with Gasteiger partial charge in [0.25, 0.3) is 0 Å². The molecule has 1 atom stereocenters. The molecule has 0 unspecified atom stereocenters. The molecule has 0 fully saturated rings. The van der Waals surface area contributed by atoms with Crippen LogP contribution in [0.1, 0.15) is 38.2 Å². The van der Waals surface area contributed by atoms with Crippen molar-refractivity contribution in [3.63, 3.8) is 0 Å². The fraction of sp³-hybridized carbons (Fsp3) is 0.200. The summed E-state index contributed by atoms with van der Waals surface area (Å²) in [6.07, 6.45) is 0. The number of aromatic nitrogens is 3. The molecule has 0 spiro atoms. The van der Waals surface area contributed by atoms with Gasteiger partial charge in [0.15, 0.2) is 24.1 Å². The minimum Gasteiger partial charge on any atom is -0.493 e. The number of nitrogens with two attached hydrogens (primary N) is 1. The third kappa shape index (κ3) is 4.71. The number of benzene rings is 2. The minimum atomic E-state index is -0.659. The number of aromatic amines is 1. The van der Waals surface area contributed by atoms with Crippen LogP contribution in [0.2, 0.25) is 0 Å². The summed E-state index contributed by atoms with van der Waals surface area (Å²) in [4.78, 5) is 28.3. The van der Waals surface area contributed by atoms with Crippen molar-refractivity contribution in [1.29, 1.82) is 5.41 Å². The maximum absolute atomic E-state index is 13.0. The summed E-state index contributed by atoms with van der Waals surface area (Å²) < 4.78 is 22.7. The number of hydrogen-bond acceptors (Lipinski definition) is 10. The highest BCUT2D eigenvalue weighted by Gasteiger charge is 2.26. The fourth-order valence-electron chi connectivity index (χ4n) is 4.10. The average Bonchev–Trinajstić information content (AvgIpc) is 3.57. The summed E-state index contributed by atoms with van der Waals surface area (Å²) in [5.41, 5.74) is 8.12. The van der Waals surface area contributed by atoms with Crippen LogP contribution in [0.4, 0.5) is 5.69 Å². The molecule has 1 aliphatic heterocycles. The van der Waals surface area contributed by atoms with Gasteiger partial charge in [-0.05, 0) is 53.4 Å². The second-order valence-electron chi connectivity index (χ2n) is 8.24. The Hall–Kier alpha value is -4.62. The van der Waals surface area contributed by atoms with Crippen LogP contribution >= 0.6 is 11.3 Å². The normalized spacial score (nSPS) is 13.2. The van der Waals surface area contributed by atoms with Crippen LogP contribution in [0, 0.1) is 5.41 Å². The Bertz CT molecular complexity index is 1540. The number of fused-ring (bicyclic) bond motifs is 1. The maximum atomic E-state index is 13.0. The lowest BCUT2D eigenvalue weighted by atomic mass is 10.0. The molecule has 0 bridgehead atoms. The van der Waals surface area contributed by atoms with Gasteiger partial charge in [0.2, 0.25) is 0 Å². The fourth-order valence-corrected chi connectivity index (χ4v) is 4.88. The lowest BCUT2D eigenvalue weighted by molar-refractivity contribution is -0.0180. The van der Waals surface area contributed by atoms with E-state index < -0.39 is 17.7 Å². The quantitative estimate of drug-likeness (QED) is 0.150. The van der Waals surface area contributed by atoms with Gasteiger partial charge < -0.3 is 30.0 Å². The number of carbonyl (C=O) groups is 1. The Kier molecular flexibility index (Phi) is 6.85. The lowest BCUT2D eigenvalue weighted by Gasteiger charge is -2.24. The topological polar surface area (TPSA) is 167 Å². The number of amidine groups is 1. The van der Waals surface area contributed by atoms with E-state index in [-0.39, 0.29) is 23.3 Å². The predicted octanol–water partition coefficient (Wildman–Crippen LogP) is 2.77. The molecule has 1 aliphatic rings. The monoisotopic (exact) mass is 536 g/mol. The Morgan fingerprint density at radius 1 is 1.26 bits per heavy atom. The van der Waals surface area contributed by atoms with E-state index in [9.17, 15) is 9.59 Å². The largest absolute Gasteiger partial charge is 0.493 e. The third-order valence-corrected chi connectivity index (χ3v) is 6.79. The molecule has 3 heterocycles. The lowest BCUT2D eigenvalue weighted by Crippen LogP contribution is -2.18. The number of esters is 1. The number of hydrogen-bond donors (Lipinski definition) is 4. The first-order valence-corrected chi connectivity index (χ1v) is 12.2. The molecule has 5 rings (SSSR count).